The largest absolute Gasteiger partial charge is 0.332 e. The molecule has 0 saturated carbocycles. The number of amides is 1. The van der Waals surface area contributed by atoms with Crippen molar-refractivity contribution < 1.29 is 4.79 Å². The summed E-state index contributed by atoms with van der Waals surface area (Å²) in [5.74, 6) is -0.225. The van der Waals surface area contributed by atoms with E-state index in [4.69, 9.17) is 12.2 Å². The van der Waals surface area contributed by atoms with E-state index in [1.807, 2.05) is 55.1 Å². The molecule has 0 atom stereocenters. The minimum atomic E-state index is -0.225. The van der Waals surface area contributed by atoms with Gasteiger partial charge in [0.15, 0.2) is 5.11 Å². The standard InChI is InChI=1S/C25H30N4OS/c1-16-22(17(2)29(6)28-16)15-18-7-13-21(14-8-18)26-24(31)27-23(30)19-9-11-20(12-10-19)25(3,4)5/h7-14H,15H2,1-6H3,(H2,26,27,30,31). The molecule has 5 nitrogen and oxygen atoms in total. The number of anilines is 1. The predicted molar refractivity (Wildman–Crippen MR) is 131 cm³/mol. The first-order valence-electron chi connectivity index (χ1n) is 10.4. The lowest BCUT2D eigenvalue weighted by atomic mass is 9.87. The predicted octanol–water partition coefficient (Wildman–Crippen LogP) is 5.05. The third kappa shape index (κ3) is 5.58. The lowest BCUT2D eigenvalue weighted by Crippen LogP contribution is -2.34. The van der Waals surface area contributed by atoms with Crippen molar-refractivity contribution in [1.82, 2.24) is 15.1 Å². The molecule has 1 aromatic heterocycles. The van der Waals surface area contributed by atoms with Crippen LogP contribution < -0.4 is 10.6 Å². The van der Waals surface area contributed by atoms with Gasteiger partial charge in [-0.3, -0.25) is 14.8 Å². The summed E-state index contributed by atoms with van der Waals surface area (Å²) < 4.78 is 1.92. The summed E-state index contributed by atoms with van der Waals surface area (Å²) in [7, 11) is 1.97. The minimum Gasteiger partial charge on any atom is -0.332 e. The Kier molecular flexibility index (Phi) is 6.60. The summed E-state index contributed by atoms with van der Waals surface area (Å²) >= 11 is 5.32. The molecule has 3 aromatic rings. The van der Waals surface area contributed by atoms with E-state index in [0.717, 1.165) is 17.8 Å². The third-order valence-corrected chi connectivity index (χ3v) is 5.70. The number of nitrogens with one attached hydrogen (secondary N) is 2. The van der Waals surface area contributed by atoms with Gasteiger partial charge in [-0.25, -0.2) is 0 Å². The number of carbonyl (C=O) groups excluding carboxylic acids is 1. The lowest BCUT2D eigenvalue weighted by Gasteiger charge is -2.19. The zero-order chi connectivity index (χ0) is 22.8. The van der Waals surface area contributed by atoms with Crippen LogP contribution in [0.1, 0.15) is 59.2 Å². The zero-order valence-electron chi connectivity index (χ0n) is 19.0. The van der Waals surface area contributed by atoms with Crippen LogP contribution in [-0.4, -0.2) is 20.8 Å². The number of rotatable bonds is 4. The van der Waals surface area contributed by atoms with Crippen LogP contribution >= 0.6 is 12.2 Å². The van der Waals surface area contributed by atoms with Crippen molar-refractivity contribution in [2.24, 2.45) is 7.05 Å². The molecule has 1 amide bonds. The average Bonchev–Trinajstić information content (AvgIpc) is 2.94. The van der Waals surface area contributed by atoms with Gasteiger partial charge in [0.25, 0.3) is 5.91 Å². The Labute approximate surface area is 189 Å². The highest BCUT2D eigenvalue weighted by Crippen LogP contribution is 2.22. The van der Waals surface area contributed by atoms with Crippen LogP contribution in [0, 0.1) is 13.8 Å². The first kappa shape index (κ1) is 22.7. The summed E-state index contributed by atoms with van der Waals surface area (Å²) in [5, 5.41) is 10.6. The van der Waals surface area contributed by atoms with Gasteiger partial charge in [-0.1, -0.05) is 45.0 Å². The van der Waals surface area contributed by atoms with Gasteiger partial charge in [0, 0.05) is 36.0 Å². The van der Waals surface area contributed by atoms with E-state index in [9.17, 15) is 4.79 Å². The Balaban J connectivity index is 1.58. The van der Waals surface area contributed by atoms with Crippen LogP contribution in [0.25, 0.3) is 0 Å². The lowest BCUT2D eigenvalue weighted by molar-refractivity contribution is 0.0977. The van der Waals surface area contributed by atoms with Gasteiger partial charge in [-0.15, -0.1) is 0 Å². The van der Waals surface area contributed by atoms with Gasteiger partial charge in [0.2, 0.25) is 0 Å². The SMILES string of the molecule is Cc1nn(C)c(C)c1Cc1ccc(NC(=S)NC(=O)c2ccc(C(C)(C)C)cc2)cc1. The number of hydrogen-bond acceptors (Lipinski definition) is 3. The number of carbonyl (C=O) groups is 1. The normalized spacial score (nSPS) is 11.3. The number of aromatic nitrogens is 2. The van der Waals surface area contributed by atoms with E-state index in [1.54, 1.807) is 0 Å². The van der Waals surface area contributed by atoms with Crippen LogP contribution in [0.2, 0.25) is 0 Å². The number of benzene rings is 2. The molecule has 0 aliphatic heterocycles. The molecule has 0 spiro atoms. The summed E-state index contributed by atoms with van der Waals surface area (Å²) in [6, 6.07) is 15.7. The van der Waals surface area contributed by atoms with Crippen LogP contribution in [0.15, 0.2) is 48.5 Å². The van der Waals surface area contributed by atoms with Crippen LogP contribution in [0.3, 0.4) is 0 Å². The second-order valence-corrected chi connectivity index (χ2v) is 9.29. The second kappa shape index (κ2) is 9.02. The topological polar surface area (TPSA) is 59.0 Å². The van der Waals surface area contributed by atoms with Gasteiger partial charge >= 0.3 is 0 Å². The fraction of sp³-hybridized carbons (Fsp3) is 0.320. The van der Waals surface area contributed by atoms with Crippen molar-refractivity contribution >= 4 is 28.9 Å². The number of hydrogen-bond donors (Lipinski definition) is 2. The van der Waals surface area contributed by atoms with E-state index in [-0.39, 0.29) is 16.4 Å². The third-order valence-electron chi connectivity index (χ3n) is 5.49. The molecule has 0 unspecified atom stereocenters. The van der Waals surface area contributed by atoms with Crippen molar-refractivity contribution in [1.29, 1.82) is 0 Å². The highest BCUT2D eigenvalue weighted by atomic mass is 32.1. The first-order valence-corrected chi connectivity index (χ1v) is 10.8. The van der Waals surface area contributed by atoms with Gasteiger partial charge in [0.05, 0.1) is 5.69 Å². The molecular formula is C25H30N4OS. The first-order chi connectivity index (χ1) is 14.5. The fourth-order valence-corrected chi connectivity index (χ4v) is 3.65. The molecule has 0 aliphatic rings. The molecule has 3 rings (SSSR count). The molecule has 0 radical (unpaired) electrons. The van der Waals surface area contributed by atoms with Crippen molar-refractivity contribution in [3.8, 4) is 0 Å². The minimum absolute atomic E-state index is 0.0481. The van der Waals surface area contributed by atoms with Crippen LogP contribution in [-0.2, 0) is 18.9 Å². The van der Waals surface area contributed by atoms with Gasteiger partial charge in [-0.05, 0) is 66.9 Å². The molecule has 2 aromatic carbocycles. The summed E-state index contributed by atoms with van der Waals surface area (Å²) in [4.78, 5) is 12.5. The van der Waals surface area contributed by atoms with E-state index in [0.29, 0.717) is 5.56 Å². The van der Waals surface area contributed by atoms with E-state index in [1.165, 1.54) is 22.4 Å². The quantitative estimate of drug-likeness (QED) is 0.564. The summed E-state index contributed by atoms with van der Waals surface area (Å²) in [6.45, 7) is 10.6. The Morgan fingerprint density at radius 1 is 1.03 bits per heavy atom. The van der Waals surface area contributed by atoms with Crippen molar-refractivity contribution in [2.45, 2.75) is 46.5 Å². The molecule has 0 saturated heterocycles. The molecule has 0 aliphatic carbocycles. The fourth-order valence-electron chi connectivity index (χ4n) is 3.44. The molecule has 1 heterocycles. The Bertz CT molecular complexity index is 1090. The maximum absolute atomic E-state index is 12.5. The van der Waals surface area contributed by atoms with Crippen LogP contribution in [0.4, 0.5) is 5.69 Å². The number of nitrogens with zero attached hydrogens (tertiary/aromatic N) is 2. The molecule has 6 heteroatoms. The van der Waals surface area contributed by atoms with E-state index in [2.05, 4.69) is 55.6 Å². The molecule has 0 bridgehead atoms. The molecule has 2 N–H and O–H groups in total. The molecular weight excluding hydrogens is 404 g/mol. The number of aryl methyl sites for hydroxylation is 2. The monoisotopic (exact) mass is 434 g/mol. The second-order valence-electron chi connectivity index (χ2n) is 8.88. The van der Waals surface area contributed by atoms with Gasteiger partial charge in [0.1, 0.15) is 0 Å². The Morgan fingerprint density at radius 3 is 2.16 bits per heavy atom. The average molecular weight is 435 g/mol. The van der Waals surface area contributed by atoms with Crippen molar-refractivity contribution in [3.05, 3.63) is 82.2 Å². The maximum atomic E-state index is 12.5. The summed E-state index contributed by atoms with van der Waals surface area (Å²) in [6.07, 6.45) is 0.831. The molecule has 162 valence electrons. The van der Waals surface area contributed by atoms with E-state index < -0.39 is 0 Å². The Hall–Kier alpha value is -2.99. The van der Waals surface area contributed by atoms with E-state index >= 15 is 0 Å². The van der Waals surface area contributed by atoms with Crippen molar-refractivity contribution in [3.63, 3.8) is 0 Å². The van der Waals surface area contributed by atoms with Crippen LogP contribution in [0.5, 0.6) is 0 Å². The highest BCUT2D eigenvalue weighted by molar-refractivity contribution is 7.80. The maximum Gasteiger partial charge on any atom is 0.257 e. The molecule has 0 fully saturated rings. The van der Waals surface area contributed by atoms with Gasteiger partial charge in [-0.2, -0.15) is 5.10 Å². The smallest absolute Gasteiger partial charge is 0.257 e. The Morgan fingerprint density at radius 2 is 1.65 bits per heavy atom. The highest BCUT2D eigenvalue weighted by Gasteiger charge is 2.15. The van der Waals surface area contributed by atoms with Gasteiger partial charge < -0.3 is 5.32 Å². The molecule has 31 heavy (non-hydrogen) atoms. The van der Waals surface area contributed by atoms with Crippen molar-refractivity contribution in [2.75, 3.05) is 5.32 Å². The number of thiocarbonyl (C=S) groups is 1. The summed E-state index contributed by atoms with van der Waals surface area (Å²) in [5.41, 5.74) is 7.32. The zero-order valence-corrected chi connectivity index (χ0v) is 19.9.